The van der Waals surface area contributed by atoms with Crippen molar-refractivity contribution in [3.63, 3.8) is 0 Å². The Morgan fingerprint density at radius 1 is 1.11 bits per heavy atom. The largest absolute Gasteiger partial charge is 0.378 e. The molecule has 5 heterocycles. The molecular formula is C21H19AlN4O2. The maximum Gasteiger partial charge on any atom is 0.176 e. The number of Topliss-reactive ketones (excluding diaryl/α,β-unsaturated/α-hetero) is 1. The van der Waals surface area contributed by atoms with E-state index in [1.807, 2.05) is 28.9 Å². The summed E-state index contributed by atoms with van der Waals surface area (Å²) in [4.78, 5) is 19.1. The van der Waals surface area contributed by atoms with Crippen LogP contribution in [0.2, 0.25) is 0 Å². The van der Waals surface area contributed by atoms with Gasteiger partial charge in [0.15, 0.2) is 22.1 Å². The van der Waals surface area contributed by atoms with Gasteiger partial charge < -0.3 is 14.0 Å². The predicted molar refractivity (Wildman–Crippen MR) is 110 cm³/mol. The van der Waals surface area contributed by atoms with Crippen LogP contribution in [0.5, 0.6) is 0 Å². The molecule has 6 nitrogen and oxygen atoms in total. The molecule has 1 fully saturated rings. The number of morpholine rings is 1. The van der Waals surface area contributed by atoms with Crippen molar-refractivity contribution in [1.29, 1.82) is 0 Å². The Kier molecular flexibility index (Phi) is 4.24. The van der Waals surface area contributed by atoms with Crippen molar-refractivity contribution in [3.05, 3.63) is 54.6 Å². The van der Waals surface area contributed by atoms with Gasteiger partial charge in [0, 0.05) is 49.9 Å². The first-order chi connectivity index (χ1) is 13.6. The molecule has 1 aliphatic heterocycles. The molecule has 0 N–H and O–H groups in total. The van der Waals surface area contributed by atoms with Crippen molar-refractivity contribution in [1.82, 2.24) is 13.8 Å². The molecule has 0 unspecified atom stereocenters. The normalized spacial score (nSPS) is 14.8. The van der Waals surface area contributed by atoms with E-state index in [0.29, 0.717) is 5.69 Å². The average Bonchev–Trinajstić information content (AvgIpc) is 3.32. The molecule has 0 aliphatic carbocycles. The number of imidazole rings is 1. The zero-order chi connectivity index (χ0) is 19.3. The van der Waals surface area contributed by atoms with Crippen LogP contribution < -0.4 is 9.33 Å². The number of hydrogen-bond donors (Lipinski definition) is 0. The minimum Gasteiger partial charge on any atom is -0.378 e. The Morgan fingerprint density at radius 3 is 2.71 bits per heavy atom. The van der Waals surface area contributed by atoms with Crippen LogP contribution in [0.15, 0.2) is 48.9 Å². The second-order valence-corrected chi connectivity index (χ2v) is 7.74. The fourth-order valence-corrected chi connectivity index (χ4v) is 4.24. The summed E-state index contributed by atoms with van der Waals surface area (Å²) in [7, 11) is 0. The fraction of sp³-hybridized carbons (Fsp3) is 0.238. The molecule has 4 aromatic rings. The van der Waals surface area contributed by atoms with Crippen molar-refractivity contribution in [3.8, 4) is 11.3 Å². The maximum atomic E-state index is 12.3. The summed E-state index contributed by atoms with van der Waals surface area (Å²) in [5.74, 6) is 0.0456. The van der Waals surface area contributed by atoms with Crippen LogP contribution in [-0.4, -0.2) is 62.2 Å². The van der Waals surface area contributed by atoms with Crippen LogP contribution >= 0.6 is 0 Å². The highest BCUT2D eigenvalue weighted by atomic mass is 27.0. The molecule has 28 heavy (non-hydrogen) atoms. The van der Waals surface area contributed by atoms with Gasteiger partial charge in [0.2, 0.25) is 0 Å². The van der Waals surface area contributed by atoms with E-state index in [9.17, 15) is 4.79 Å². The molecule has 0 atom stereocenters. The smallest absolute Gasteiger partial charge is 0.176 e. The Bertz CT molecular complexity index is 1200. The summed E-state index contributed by atoms with van der Waals surface area (Å²) < 4.78 is 10.6. The SMILES string of the molecule is CC(=O)c1cc(-c2c[c]([Al])cc3nccn23)c2cc(N3CCOCC3)ccn12. The maximum absolute atomic E-state index is 12.3. The average molecular weight is 386 g/mol. The lowest BCUT2D eigenvalue weighted by Gasteiger charge is -2.29. The van der Waals surface area contributed by atoms with Crippen LogP contribution in [0.4, 0.5) is 5.69 Å². The number of fused-ring (bicyclic) bond motifs is 2. The van der Waals surface area contributed by atoms with Gasteiger partial charge in [-0.05, 0) is 24.3 Å². The third-order valence-electron chi connectivity index (χ3n) is 5.30. The van der Waals surface area contributed by atoms with Crippen molar-refractivity contribution in [2.75, 3.05) is 31.2 Å². The number of ether oxygens (including phenoxy) is 1. The highest BCUT2D eigenvalue weighted by molar-refractivity contribution is 6.33. The van der Waals surface area contributed by atoms with Gasteiger partial charge in [-0.1, -0.05) is 6.07 Å². The van der Waals surface area contributed by atoms with Gasteiger partial charge in [-0.15, -0.1) is 4.43 Å². The molecule has 5 rings (SSSR count). The first-order valence-electron chi connectivity index (χ1n) is 9.33. The van der Waals surface area contributed by atoms with Crippen LogP contribution in [0.3, 0.4) is 0 Å². The Hall–Kier alpha value is -2.59. The summed E-state index contributed by atoms with van der Waals surface area (Å²) >= 11 is 2.75. The first kappa shape index (κ1) is 17.5. The lowest BCUT2D eigenvalue weighted by Crippen LogP contribution is -2.36. The van der Waals surface area contributed by atoms with Crippen LogP contribution in [0.25, 0.3) is 22.4 Å². The van der Waals surface area contributed by atoms with Crippen molar-refractivity contribution in [2.24, 2.45) is 0 Å². The Morgan fingerprint density at radius 2 is 1.93 bits per heavy atom. The summed E-state index contributed by atoms with van der Waals surface area (Å²) in [6.07, 6.45) is 5.75. The minimum atomic E-state index is 0.0456. The standard InChI is InChI=1S/C21H19N4O2.Al/c1-15(26)19-14-17(18-3-2-4-21-22-6-8-25(18)21)20-13-16(5-7-24(19)20)23-9-11-27-12-10-23;/h3-8,13-14H,9-12H2,1H3;. The zero-order valence-corrected chi connectivity index (χ0v) is 16.8. The first-order valence-corrected chi connectivity index (χ1v) is 9.91. The van der Waals surface area contributed by atoms with E-state index in [0.717, 1.165) is 58.8 Å². The monoisotopic (exact) mass is 386 g/mol. The van der Waals surface area contributed by atoms with E-state index in [-0.39, 0.29) is 5.78 Å². The lowest BCUT2D eigenvalue weighted by molar-refractivity contribution is 0.101. The van der Waals surface area contributed by atoms with Crippen LogP contribution in [-0.2, 0) is 4.74 Å². The number of carbonyl (C=O) groups is 1. The summed E-state index contributed by atoms with van der Waals surface area (Å²) in [6.45, 7) is 4.84. The van der Waals surface area contributed by atoms with Crippen LogP contribution in [0, 0.1) is 0 Å². The molecule has 2 radical (unpaired) electrons. The number of pyridine rings is 2. The van der Waals surface area contributed by atoms with E-state index in [1.165, 1.54) is 0 Å². The quantitative estimate of drug-likeness (QED) is 0.400. The second kappa shape index (κ2) is 6.78. The van der Waals surface area contributed by atoms with Gasteiger partial charge in [-0.2, -0.15) is 0 Å². The number of ketones is 1. The van der Waals surface area contributed by atoms with Crippen molar-refractivity contribution in [2.45, 2.75) is 6.92 Å². The number of carbonyl (C=O) groups excluding carboxylic acids is 1. The van der Waals surface area contributed by atoms with Gasteiger partial charge >= 0.3 is 0 Å². The highest BCUT2D eigenvalue weighted by Gasteiger charge is 2.18. The van der Waals surface area contributed by atoms with Crippen molar-refractivity contribution < 1.29 is 9.53 Å². The molecule has 0 bridgehead atoms. The van der Waals surface area contributed by atoms with Gasteiger partial charge in [0.25, 0.3) is 0 Å². The minimum absolute atomic E-state index is 0.0456. The fourth-order valence-electron chi connectivity index (χ4n) is 3.93. The zero-order valence-electron chi connectivity index (χ0n) is 15.6. The van der Waals surface area contributed by atoms with Gasteiger partial charge in [-0.25, -0.2) is 4.98 Å². The molecule has 0 saturated carbocycles. The van der Waals surface area contributed by atoms with Gasteiger partial charge in [0.1, 0.15) is 5.65 Å². The summed E-state index contributed by atoms with van der Waals surface area (Å²) in [6, 6.07) is 10.4. The van der Waals surface area contributed by atoms with Gasteiger partial charge in [-0.3, -0.25) is 9.20 Å². The van der Waals surface area contributed by atoms with Gasteiger partial charge in [0.05, 0.1) is 30.1 Å². The lowest BCUT2D eigenvalue weighted by atomic mass is 10.1. The Balaban J connectivity index is 1.77. The second-order valence-electron chi connectivity index (χ2n) is 7.07. The van der Waals surface area contributed by atoms with Crippen LogP contribution in [0.1, 0.15) is 17.4 Å². The molecule has 1 saturated heterocycles. The number of anilines is 1. The molecular weight excluding hydrogens is 367 g/mol. The molecule has 1 aliphatic rings. The topological polar surface area (TPSA) is 51.2 Å². The molecule has 4 aromatic heterocycles. The third-order valence-corrected chi connectivity index (χ3v) is 5.63. The third kappa shape index (κ3) is 2.83. The number of aromatic nitrogens is 3. The molecule has 0 amide bonds. The molecule has 0 aromatic carbocycles. The summed E-state index contributed by atoms with van der Waals surface area (Å²) in [5, 5.41) is 0. The molecule has 0 spiro atoms. The number of nitrogens with zero attached hydrogens (tertiary/aromatic N) is 4. The number of hydrogen-bond acceptors (Lipinski definition) is 4. The molecule has 138 valence electrons. The van der Waals surface area contributed by atoms with E-state index < -0.39 is 0 Å². The highest BCUT2D eigenvalue weighted by Crippen LogP contribution is 2.31. The summed E-state index contributed by atoms with van der Waals surface area (Å²) in [5.41, 5.74) is 5.77. The predicted octanol–water partition coefficient (Wildman–Crippen LogP) is 2.09. The van der Waals surface area contributed by atoms with Crippen molar-refractivity contribution >= 4 is 43.4 Å². The number of rotatable bonds is 3. The Labute approximate surface area is 170 Å². The van der Waals surface area contributed by atoms with E-state index in [4.69, 9.17) is 4.74 Å². The van der Waals surface area contributed by atoms with E-state index in [1.54, 1.807) is 13.1 Å². The van der Waals surface area contributed by atoms with E-state index >= 15 is 0 Å². The van der Waals surface area contributed by atoms with E-state index in [2.05, 4.69) is 48.8 Å². The molecule has 7 heteroatoms.